The number of rotatable bonds is 2. The molecule has 0 amide bonds. The van der Waals surface area contributed by atoms with E-state index in [0.717, 1.165) is 18.4 Å². The van der Waals surface area contributed by atoms with Crippen molar-refractivity contribution in [3.8, 4) is 0 Å². The van der Waals surface area contributed by atoms with Crippen molar-refractivity contribution in [3.05, 3.63) is 29.0 Å². The Hall–Kier alpha value is -0.600. The van der Waals surface area contributed by atoms with E-state index >= 15 is 0 Å². The maximum Gasteiger partial charge on any atom is 0.129 e. The average molecular weight is 184 g/mol. The Morgan fingerprint density at radius 2 is 2.33 bits per heavy atom. The minimum atomic E-state index is 0.00653. The minimum Gasteiger partial charge on any atom is -0.395 e. The van der Waals surface area contributed by atoms with Crippen LogP contribution in [-0.2, 0) is 5.41 Å². The summed E-state index contributed by atoms with van der Waals surface area (Å²) in [7, 11) is 0. The molecule has 0 aromatic carbocycles. The third-order valence-corrected chi connectivity index (χ3v) is 2.70. The van der Waals surface area contributed by atoms with E-state index in [2.05, 4.69) is 4.98 Å². The van der Waals surface area contributed by atoms with Crippen molar-refractivity contribution in [3.63, 3.8) is 0 Å². The fraction of sp³-hybridized carbons (Fsp3) is 0.444. The zero-order valence-electron chi connectivity index (χ0n) is 6.63. The first-order valence-electron chi connectivity index (χ1n) is 4.00. The molecule has 2 nitrogen and oxygen atoms in total. The molecule has 1 aromatic heterocycles. The quantitative estimate of drug-likeness (QED) is 0.709. The summed E-state index contributed by atoms with van der Waals surface area (Å²) in [5.41, 5.74) is 1.12. The van der Waals surface area contributed by atoms with Crippen LogP contribution in [0, 0.1) is 0 Å². The molecule has 3 heteroatoms. The highest BCUT2D eigenvalue weighted by molar-refractivity contribution is 6.29. The van der Waals surface area contributed by atoms with Crippen molar-refractivity contribution in [1.29, 1.82) is 0 Å². The van der Waals surface area contributed by atoms with Crippen LogP contribution in [0.15, 0.2) is 18.3 Å². The Labute approximate surface area is 76.2 Å². The number of aliphatic hydroxyl groups is 1. The zero-order chi connectivity index (χ0) is 8.60. The highest BCUT2D eigenvalue weighted by Gasteiger charge is 2.43. The Morgan fingerprint density at radius 1 is 1.58 bits per heavy atom. The molecule has 0 unspecified atom stereocenters. The van der Waals surface area contributed by atoms with Gasteiger partial charge >= 0.3 is 0 Å². The van der Waals surface area contributed by atoms with Crippen LogP contribution < -0.4 is 0 Å². The molecule has 2 rings (SSSR count). The molecular formula is C9H10ClNO. The standard InChI is InChI=1S/C9H10ClNO/c10-8-5-7(1-4-11-8)9(6-12)2-3-9/h1,4-5,12H,2-3,6H2. The Bertz CT molecular complexity index is 296. The number of aliphatic hydroxyl groups excluding tert-OH is 1. The first kappa shape index (κ1) is 8.02. The molecule has 64 valence electrons. The molecule has 1 saturated carbocycles. The molecular weight excluding hydrogens is 174 g/mol. The Morgan fingerprint density at radius 3 is 2.83 bits per heavy atom. The molecule has 0 atom stereocenters. The summed E-state index contributed by atoms with van der Waals surface area (Å²) in [6.45, 7) is 0.216. The van der Waals surface area contributed by atoms with Crippen molar-refractivity contribution in [2.75, 3.05) is 6.61 Å². The smallest absolute Gasteiger partial charge is 0.129 e. The topological polar surface area (TPSA) is 33.1 Å². The van der Waals surface area contributed by atoms with Crippen LogP contribution in [0.4, 0.5) is 0 Å². The van der Waals surface area contributed by atoms with Crippen LogP contribution in [-0.4, -0.2) is 16.7 Å². The summed E-state index contributed by atoms with van der Waals surface area (Å²) in [5, 5.41) is 9.64. The first-order valence-corrected chi connectivity index (χ1v) is 4.37. The average Bonchev–Trinajstić information content (AvgIpc) is 2.84. The van der Waals surface area contributed by atoms with E-state index in [0.29, 0.717) is 5.15 Å². The SMILES string of the molecule is OCC1(c2ccnc(Cl)c2)CC1. The fourth-order valence-corrected chi connectivity index (χ4v) is 1.60. The Kier molecular flexibility index (Phi) is 1.81. The molecule has 0 saturated heterocycles. The van der Waals surface area contributed by atoms with Crippen LogP contribution in [0.3, 0.4) is 0 Å². The lowest BCUT2D eigenvalue weighted by Gasteiger charge is -2.10. The highest BCUT2D eigenvalue weighted by atomic mass is 35.5. The van der Waals surface area contributed by atoms with Gasteiger partial charge < -0.3 is 5.11 Å². The lowest BCUT2D eigenvalue weighted by Crippen LogP contribution is -2.11. The van der Waals surface area contributed by atoms with E-state index in [-0.39, 0.29) is 12.0 Å². The second kappa shape index (κ2) is 2.71. The summed E-state index contributed by atoms with van der Waals surface area (Å²) in [6.07, 6.45) is 3.81. The number of aromatic nitrogens is 1. The Balaban J connectivity index is 2.34. The van der Waals surface area contributed by atoms with Crippen molar-refractivity contribution in [1.82, 2.24) is 4.98 Å². The van der Waals surface area contributed by atoms with Gasteiger partial charge in [0.05, 0.1) is 6.61 Å². The van der Waals surface area contributed by atoms with E-state index in [1.807, 2.05) is 12.1 Å². The molecule has 1 aliphatic rings. The number of nitrogens with zero attached hydrogens (tertiary/aromatic N) is 1. The molecule has 1 fully saturated rings. The molecule has 0 radical (unpaired) electrons. The van der Waals surface area contributed by atoms with E-state index in [1.165, 1.54) is 0 Å². The van der Waals surface area contributed by atoms with Crippen molar-refractivity contribution in [2.45, 2.75) is 18.3 Å². The van der Waals surface area contributed by atoms with Gasteiger partial charge in [0.1, 0.15) is 5.15 Å². The fourth-order valence-electron chi connectivity index (χ4n) is 1.42. The summed E-state index contributed by atoms with van der Waals surface area (Å²) >= 11 is 5.74. The molecule has 1 N–H and O–H groups in total. The van der Waals surface area contributed by atoms with Crippen LogP contribution in [0.1, 0.15) is 18.4 Å². The summed E-state index contributed by atoms with van der Waals surface area (Å²) in [6, 6.07) is 3.76. The second-order valence-electron chi connectivity index (χ2n) is 3.31. The number of hydrogen-bond acceptors (Lipinski definition) is 2. The van der Waals surface area contributed by atoms with Gasteiger partial charge in [-0.2, -0.15) is 0 Å². The molecule has 1 heterocycles. The van der Waals surface area contributed by atoms with Crippen LogP contribution in [0.2, 0.25) is 5.15 Å². The van der Waals surface area contributed by atoms with Gasteiger partial charge in [0.25, 0.3) is 0 Å². The van der Waals surface area contributed by atoms with E-state index in [9.17, 15) is 0 Å². The molecule has 12 heavy (non-hydrogen) atoms. The molecule has 0 aliphatic heterocycles. The van der Waals surface area contributed by atoms with Crippen molar-refractivity contribution >= 4 is 11.6 Å². The summed E-state index contributed by atoms with van der Waals surface area (Å²) < 4.78 is 0. The minimum absolute atomic E-state index is 0.00653. The van der Waals surface area contributed by atoms with Crippen molar-refractivity contribution in [2.24, 2.45) is 0 Å². The van der Waals surface area contributed by atoms with Crippen molar-refractivity contribution < 1.29 is 5.11 Å². The van der Waals surface area contributed by atoms with Gasteiger partial charge in [-0.1, -0.05) is 11.6 Å². The first-order chi connectivity index (χ1) is 5.77. The van der Waals surface area contributed by atoms with Gasteiger partial charge in [-0.25, -0.2) is 4.98 Å². The van der Waals surface area contributed by atoms with Crippen LogP contribution in [0.5, 0.6) is 0 Å². The van der Waals surface area contributed by atoms with Crippen LogP contribution in [0.25, 0.3) is 0 Å². The van der Waals surface area contributed by atoms with Gasteiger partial charge in [-0.15, -0.1) is 0 Å². The van der Waals surface area contributed by atoms with Gasteiger partial charge in [-0.3, -0.25) is 0 Å². The number of hydrogen-bond donors (Lipinski definition) is 1. The lowest BCUT2D eigenvalue weighted by molar-refractivity contribution is 0.255. The third-order valence-electron chi connectivity index (χ3n) is 2.50. The van der Waals surface area contributed by atoms with Gasteiger partial charge in [0.15, 0.2) is 0 Å². The third kappa shape index (κ3) is 1.21. The molecule has 1 aliphatic carbocycles. The highest BCUT2D eigenvalue weighted by Crippen LogP contribution is 2.47. The van der Waals surface area contributed by atoms with E-state index in [1.54, 1.807) is 6.20 Å². The zero-order valence-corrected chi connectivity index (χ0v) is 7.38. The molecule has 1 aromatic rings. The number of halogens is 1. The second-order valence-corrected chi connectivity index (χ2v) is 3.69. The maximum atomic E-state index is 9.14. The monoisotopic (exact) mass is 183 g/mol. The molecule has 0 spiro atoms. The van der Waals surface area contributed by atoms with Gasteiger partial charge in [0, 0.05) is 11.6 Å². The molecule has 0 bridgehead atoms. The summed E-state index contributed by atoms with van der Waals surface area (Å²) in [4.78, 5) is 3.90. The normalized spacial score (nSPS) is 19.2. The number of pyridine rings is 1. The predicted octanol–water partition coefficient (Wildman–Crippen LogP) is 1.76. The van der Waals surface area contributed by atoms with Gasteiger partial charge in [-0.05, 0) is 30.5 Å². The maximum absolute atomic E-state index is 9.14. The van der Waals surface area contributed by atoms with E-state index in [4.69, 9.17) is 16.7 Å². The predicted molar refractivity (Wildman–Crippen MR) is 47.2 cm³/mol. The largest absolute Gasteiger partial charge is 0.395 e. The summed E-state index contributed by atoms with van der Waals surface area (Å²) in [5.74, 6) is 0. The lowest BCUT2D eigenvalue weighted by atomic mass is 9.99. The van der Waals surface area contributed by atoms with Crippen LogP contribution >= 0.6 is 11.6 Å². The van der Waals surface area contributed by atoms with Gasteiger partial charge in [0.2, 0.25) is 0 Å². The van der Waals surface area contributed by atoms with E-state index < -0.39 is 0 Å².